The molecule has 0 unspecified atom stereocenters. The minimum atomic E-state index is 0.155. The second-order valence-corrected chi connectivity index (χ2v) is 3.35. The maximum Gasteiger partial charge on any atom is 0.0849 e. The van der Waals surface area contributed by atoms with Crippen molar-refractivity contribution in [3.63, 3.8) is 0 Å². The minimum absolute atomic E-state index is 0.155. The van der Waals surface area contributed by atoms with Crippen LogP contribution in [0.4, 0.5) is 0 Å². The van der Waals surface area contributed by atoms with E-state index >= 15 is 0 Å². The number of hydrogen-bond acceptors (Lipinski definition) is 3. The average molecular weight is 167 g/mol. The van der Waals surface area contributed by atoms with E-state index in [4.69, 9.17) is 5.11 Å². The van der Waals surface area contributed by atoms with Crippen molar-refractivity contribution in [3.8, 4) is 0 Å². The molecule has 1 aromatic heterocycles. The Bertz CT molecular complexity index is 255. The van der Waals surface area contributed by atoms with Crippen molar-refractivity contribution in [2.24, 2.45) is 5.92 Å². The number of hydrogen-bond donors (Lipinski definition) is 1. The quantitative estimate of drug-likeness (QED) is 0.698. The first-order valence-electron chi connectivity index (χ1n) is 4.38. The molecule has 0 aromatic carbocycles. The van der Waals surface area contributed by atoms with Crippen LogP contribution < -0.4 is 0 Å². The fourth-order valence-corrected chi connectivity index (χ4v) is 1.22. The Hall–Kier alpha value is -0.900. The molecule has 0 amide bonds. The fourth-order valence-electron chi connectivity index (χ4n) is 1.22. The normalized spacial score (nSPS) is 16.8. The third-order valence-corrected chi connectivity index (χ3v) is 2.10. The molecule has 1 heterocycles. The van der Waals surface area contributed by atoms with E-state index in [1.54, 1.807) is 0 Å². The lowest BCUT2D eigenvalue weighted by molar-refractivity contribution is 0.298. The van der Waals surface area contributed by atoms with Gasteiger partial charge in [0.2, 0.25) is 0 Å². The zero-order chi connectivity index (χ0) is 8.39. The van der Waals surface area contributed by atoms with Gasteiger partial charge >= 0.3 is 0 Å². The largest absolute Gasteiger partial charge is 0.396 e. The van der Waals surface area contributed by atoms with Gasteiger partial charge in [0.25, 0.3) is 0 Å². The summed E-state index contributed by atoms with van der Waals surface area (Å²) in [6.07, 6.45) is 5.20. The van der Waals surface area contributed by atoms with Crippen molar-refractivity contribution in [2.75, 3.05) is 6.61 Å². The highest BCUT2D eigenvalue weighted by Crippen LogP contribution is 2.30. The third-order valence-electron chi connectivity index (χ3n) is 2.10. The number of aliphatic hydroxyl groups is 1. The van der Waals surface area contributed by atoms with Gasteiger partial charge in [-0.15, -0.1) is 5.10 Å². The Labute approximate surface area is 71.2 Å². The molecule has 0 saturated heterocycles. The van der Waals surface area contributed by atoms with Gasteiger partial charge in [-0.05, 0) is 18.8 Å². The van der Waals surface area contributed by atoms with Crippen LogP contribution in [0.3, 0.4) is 0 Å². The minimum Gasteiger partial charge on any atom is -0.396 e. The van der Waals surface area contributed by atoms with Crippen molar-refractivity contribution >= 4 is 0 Å². The van der Waals surface area contributed by atoms with Crippen molar-refractivity contribution < 1.29 is 5.11 Å². The van der Waals surface area contributed by atoms with E-state index in [-0.39, 0.29) is 6.61 Å². The molecule has 1 fully saturated rings. The Morgan fingerprint density at radius 3 is 3.08 bits per heavy atom. The molecule has 1 N–H and O–H groups in total. The van der Waals surface area contributed by atoms with E-state index in [1.165, 1.54) is 12.8 Å². The third kappa shape index (κ3) is 1.82. The number of aromatic nitrogens is 3. The Morgan fingerprint density at radius 1 is 1.58 bits per heavy atom. The molecule has 12 heavy (non-hydrogen) atoms. The maximum atomic E-state index is 8.65. The van der Waals surface area contributed by atoms with Gasteiger partial charge in [0, 0.05) is 25.8 Å². The molecular weight excluding hydrogens is 154 g/mol. The van der Waals surface area contributed by atoms with E-state index in [0.717, 1.165) is 18.2 Å². The maximum absolute atomic E-state index is 8.65. The summed E-state index contributed by atoms with van der Waals surface area (Å²) in [5.74, 6) is 0.827. The molecule has 4 nitrogen and oxygen atoms in total. The predicted octanol–water partition coefficient (Wildman–Crippen LogP) is 0.223. The summed E-state index contributed by atoms with van der Waals surface area (Å²) in [5, 5.41) is 16.6. The molecule has 0 bridgehead atoms. The van der Waals surface area contributed by atoms with Gasteiger partial charge in [0.05, 0.1) is 5.69 Å². The standard InChI is InChI=1S/C8H13N3O/c12-4-3-8-6-11(10-9-8)5-7-1-2-7/h6-7,12H,1-5H2. The first kappa shape index (κ1) is 7.73. The molecule has 4 heteroatoms. The highest BCUT2D eigenvalue weighted by Gasteiger charge is 2.22. The summed E-state index contributed by atoms with van der Waals surface area (Å²) in [7, 11) is 0. The van der Waals surface area contributed by atoms with Gasteiger partial charge in [-0.2, -0.15) is 0 Å². The number of nitrogens with zero attached hydrogens (tertiary/aromatic N) is 3. The molecule has 0 aliphatic heterocycles. The van der Waals surface area contributed by atoms with Crippen LogP contribution in [0.15, 0.2) is 6.20 Å². The van der Waals surface area contributed by atoms with Crippen LogP contribution in [0.25, 0.3) is 0 Å². The molecule has 0 radical (unpaired) electrons. The van der Waals surface area contributed by atoms with Gasteiger partial charge in [0.1, 0.15) is 0 Å². The summed E-state index contributed by atoms with van der Waals surface area (Å²) in [6.45, 7) is 1.15. The molecule has 66 valence electrons. The van der Waals surface area contributed by atoms with Crippen LogP contribution >= 0.6 is 0 Å². The fraction of sp³-hybridized carbons (Fsp3) is 0.750. The SMILES string of the molecule is OCCc1cn(CC2CC2)nn1. The molecule has 1 aromatic rings. The van der Waals surface area contributed by atoms with E-state index < -0.39 is 0 Å². The highest BCUT2D eigenvalue weighted by molar-refractivity contribution is 4.92. The van der Waals surface area contributed by atoms with E-state index in [2.05, 4.69) is 10.3 Å². The molecule has 1 aliphatic carbocycles. The molecular formula is C8H13N3O. The van der Waals surface area contributed by atoms with Gasteiger partial charge in [-0.3, -0.25) is 4.68 Å². The monoisotopic (exact) mass is 167 g/mol. The van der Waals surface area contributed by atoms with Crippen LogP contribution in [0, 0.1) is 5.92 Å². The van der Waals surface area contributed by atoms with Crippen LogP contribution in [0.1, 0.15) is 18.5 Å². The van der Waals surface area contributed by atoms with Crippen molar-refractivity contribution in [1.29, 1.82) is 0 Å². The van der Waals surface area contributed by atoms with Crippen molar-refractivity contribution in [3.05, 3.63) is 11.9 Å². The Morgan fingerprint density at radius 2 is 2.42 bits per heavy atom. The summed E-state index contributed by atoms with van der Waals surface area (Å²) in [4.78, 5) is 0. The van der Waals surface area contributed by atoms with Gasteiger partial charge in [0.15, 0.2) is 0 Å². The number of rotatable bonds is 4. The van der Waals surface area contributed by atoms with Crippen LogP contribution in [0.2, 0.25) is 0 Å². The topological polar surface area (TPSA) is 50.9 Å². The van der Waals surface area contributed by atoms with Crippen LogP contribution in [-0.4, -0.2) is 26.7 Å². The Kier molecular flexibility index (Phi) is 2.08. The van der Waals surface area contributed by atoms with Crippen LogP contribution in [-0.2, 0) is 13.0 Å². The lowest BCUT2D eigenvalue weighted by Crippen LogP contribution is -1.99. The Balaban J connectivity index is 1.92. The molecule has 1 saturated carbocycles. The zero-order valence-corrected chi connectivity index (χ0v) is 6.98. The summed E-state index contributed by atoms with van der Waals surface area (Å²) >= 11 is 0. The summed E-state index contributed by atoms with van der Waals surface area (Å²) < 4.78 is 1.88. The van der Waals surface area contributed by atoms with E-state index in [0.29, 0.717) is 6.42 Å². The molecule has 2 rings (SSSR count). The smallest absolute Gasteiger partial charge is 0.0849 e. The van der Waals surface area contributed by atoms with Gasteiger partial charge in [-0.1, -0.05) is 5.21 Å². The van der Waals surface area contributed by atoms with Crippen molar-refractivity contribution in [2.45, 2.75) is 25.8 Å². The molecule has 1 aliphatic rings. The first-order chi connectivity index (χ1) is 5.88. The lowest BCUT2D eigenvalue weighted by atomic mass is 10.3. The molecule has 0 atom stereocenters. The lowest BCUT2D eigenvalue weighted by Gasteiger charge is -1.94. The predicted molar refractivity (Wildman–Crippen MR) is 43.5 cm³/mol. The van der Waals surface area contributed by atoms with Crippen molar-refractivity contribution in [1.82, 2.24) is 15.0 Å². The number of aliphatic hydroxyl groups excluding tert-OH is 1. The van der Waals surface area contributed by atoms with E-state index in [1.807, 2.05) is 10.9 Å². The van der Waals surface area contributed by atoms with E-state index in [9.17, 15) is 0 Å². The zero-order valence-electron chi connectivity index (χ0n) is 6.98. The molecule has 0 spiro atoms. The van der Waals surface area contributed by atoms with Gasteiger partial charge < -0.3 is 5.11 Å². The summed E-state index contributed by atoms with van der Waals surface area (Å²) in [6, 6.07) is 0. The second-order valence-electron chi connectivity index (χ2n) is 3.35. The average Bonchev–Trinajstić information content (AvgIpc) is 2.74. The summed E-state index contributed by atoms with van der Waals surface area (Å²) in [5.41, 5.74) is 0.887. The van der Waals surface area contributed by atoms with Gasteiger partial charge in [-0.25, -0.2) is 0 Å². The highest BCUT2D eigenvalue weighted by atomic mass is 16.3. The van der Waals surface area contributed by atoms with Crippen LogP contribution in [0.5, 0.6) is 0 Å². The second kappa shape index (κ2) is 3.23. The first-order valence-corrected chi connectivity index (χ1v) is 4.38.